The van der Waals surface area contributed by atoms with Crippen LogP contribution in [0.25, 0.3) is 0 Å². The highest BCUT2D eigenvalue weighted by Crippen LogP contribution is 2.24. The van der Waals surface area contributed by atoms with E-state index in [2.05, 4.69) is 0 Å². The van der Waals surface area contributed by atoms with Crippen LogP contribution in [-0.2, 0) is 4.79 Å². The molecule has 0 spiro atoms. The molecule has 0 aromatic heterocycles. The number of aliphatic carboxylic acids is 1. The summed E-state index contributed by atoms with van der Waals surface area (Å²) in [6, 6.07) is 3.35. The van der Waals surface area contributed by atoms with E-state index in [0.717, 1.165) is 0 Å². The van der Waals surface area contributed by atoms with Gasteiger partial charge in [-0.3, -0.25) is 9.69 Å². The number of carbonyl (C=O) groups is 1. The second-order valence-corrected chi connectivity index (χ2v) is 3.83. The van der Waals surface area contributed by atoms with Gasteiger partial charge in [0.15, 0.2) is 11.6 Å². The van der Waals surface area contributed by atoms with E-state index < -0.39 is 17.8 Å². The van der Waals surface area contributed by atoms with E-state index >= 15 is 0 Å². The zero-order chi connectivity index (χ0) is 13.0. The fourth-order valence-corrected chi connectivity index (χ4v) is 1.62. The minimum absolute atomic E-state index is 0.138. The Morgan fingerprint density at radius 2 is 2.18 bits per heavy atom. The van der Waals surface area contributed by atoms with Gasteiger partial charge in [-0.1, -0.05) is 6.07 Å². The van der Waals surface area contributed by atoms with Gasteiger partial charge in [0.1, 0.15) is 6.04 Å². The van der Waals surface area contributed by atoms with Gasteiger partial charge in [-0.25, -0.2) is 4.39 Å². The predicted octanol–water partition coefficient (Wildman–Crippen LogP) is 1.91. The first-order valence-electron chi connectivity index (χ1n) is 5.28. The number of nitrogens with zero attached hydrogens (tertiary/aromatic N) is 1. The molecule has 0 aliphatic rings. The number of carboxylic acids is 1. The van der Waals surface area contributed by atoms with Crippen molar-refractivity contribution in [3.05, 3.63) is 29.6 Å². The molecule has 4 nitrogen and oxygen atoms in total. The van der Waals surface area contributed by atoms with Crippen LogP contribution in [0.15, 0.2) is 18.2 Å². The normalized spacial score (nSPS) is 12.5. The van der Waals surface area contributed by atoms with Gasteiger partial charge < -0.3 is 9.84 Å². The fourth-order valence-electron chi connectivity index (χ4n) is 1.62. The Bertz CT molecular complexity index is 407. The molecular weight excluding hydrogens is 225 g/mol. The summed E-state index contributed by atoms with van der Waals surface area (Å²) >= 11 is 0. The van der Waals surface area contributed by atoms with Crippen molar-refractivity contribution in [2.45, 2.75) is 13.0 Å². The number of halogens is 1. The molecule has 1 aromatic carbocycles. The molecular formula is C12H16FNO3. The number of carboxylic acid groups (broad SMARTS) is 1. The monoisotopic (exact) mass is 241 g/mol. The molecule has 94 valence electrons. The van der Waals surface area contributed by atoms with Crippen LogP contribution in [0.1, 0.15) is 18.5 Å². The Labute approximate surface area is 99.6 Å². The van der Waals surface area contributed by atoms with E-state index in [1.54, 1.807) is 27.1 Å². The molecule has 0 aliphatic carbocycles. The molecule has 0 heterocycles. The third kappa shape index (κ3) is 3.17. The molecule has 1 unspecified atom stereocenters. The van der Waals surface area contributed by atoms with Crippen molar-refractivity contribution in [2.75, 3.05) is 20.7 Å². The maximum Gasteiger partial charge on any atom is 0.325 e. The van der Waals surface area contributed by atoms with Crippen LogP contribution in [0.4, 0.5) is 4.39 Å². The van der Waals surface area contributed by atoms with E-state index in [-0.39, 0.29) is 5.75 Å². The Morgan fingerprint density at radius 1 is 1.53 bits per heavy atom. The van der Waals surface area contributed by atoms with Crippen molar-refractivity contribution in [1.82, 2.24) is 4.90 Å². The van der Waals surface area contributed by atoms with Gasteiger partial charge in [-0.05, 0) is 38.7 Å². The van der Waals surface area contributed by atoms with Crippen LogP contribution in [0, 0.1) is 5.82 Å². The lowest BCUT2D eigenvalue weighted by Gasteiger charge is -2.20. The Morgan fingerprint density at radius 3 is 2.59 bits per heavy atom. The molecule has 1 aromatic rings. The second kappa shape index (κ2) is 5.63. The summed E-state index contributed by atoms with van der Waals surface area (Å²) < 4.78 is 18.6. The maximum atomic E-state index is 13.6. The third-order valence-electron chi connectivity index (χ3n) is 2.32. The third-order valence-corrected chi connectivity index (χ3v) is 2.32. The van der Waals surface area contributed by atoms with Crippen LogP contribution in [0.2, 0.25) is 0 Å². The van der Waals surface area contributed by atoms with E-state index in [1.165, 1.54) is 17.0 Å². The molecule has 0 saturated heterocycles. The largest absolute Gasteiger partial charge is 0.491 e. The average Bonchev–Trinajstić information content (AvgIpc) is 2.21. The first-order chi connectivity index (χ1) is 7.97. The molecule has 1 atom stereocenters. The summed E-state index contributed by atoms with van der Waals surface area (Å²) in [6.07, 6.45) is 0. The van der Waals surface area contributed by atoms with Crippen molar-refractivity contribution >= 4 is 5.97 Å². The lowest BCUT2D eigenvalue weighted by Crippen LogP contribution is -2.27. The highest BCUT2D eigenvalue weighted by atomic mass is 19.1. The summed E-state index contributed by atoms with van der Waals surface area (Å²) in [5, 5.41) is 9.07. The molecule has 0 saturated carbocycles. The predicted molar refractivity (Wildman–Crippen MR) is 61.6 cm³/mol. The molecule has 0 aliphatic heterocycles. The zero-order valence-corrected chi connectivity index (χ0v) is 10.1. The number of likely N-dealkylation sites (N-methyl/N-ethyl adjacent to an activating group) is 1. The number of hydrogen-bond donors (Lipinski definition) is 1. The highest BCUT2D eigenvalue weighted by molar-refractivity contribution is 5.75. The minimum Gasteiger partial charge on any atom is -0.491 e. The maximum absolute atomic E-state index is 13.6. The van der Waals surface area contributed by atoms with Crippen molar-refractivity contribution in [3.63, 3.8) is 0 Å². The number of benzene rings is 1. The lowest BCUT2D eigenvalue weighted by atomic mass is 10.1. The summed E-state index contributed by atoms with van der Waals surface area (Å²) in [7, 11) is 3.26. The Balaban J connectivity index is 3.06. The molecule has 0 radical (unpaired) electrons. The van der Waals surface area contributed by atoms with Crippen LogP contribution < -0.4 is 4.74 Å². The number of hydrogen-bond acceptors (Lipinski definition) is 3. The topological polar surface area (TPSA) is 49.8 Å². The summed E-state index contributed by atoms with van der Waals surface area (Å²) in [6.45, 7) is 2.12. The van der Waals surface area contributed by atoms with E-state index in [4.69, 9.17) is 9.84 Å². The standard InChI is InChI=1S/C12H16FNO3/c1-4-17-10-6-5-8(7-9(10)13)11(12(15)16)14(2)3/h5-7,11H,4H2,1-3H3,(H,15,16). The van der Waals surface area contributed by atoms with E-state index in [1.807, 2.05) is 0 Å². The Kier molecular flexibility index (Phi) is 4.45. The minimum atomic E-state index is -1.02. The zero-order valence-electron chi connectivity index (χ0n) is 10.1. The van der Waals surface area contributed by atoms with Crippen molar-refractivity contribution in [2.24, 2.45) is 0 Å². The van der Waals surface area contributed by atoms with Crippen molar-refractivity contribution in [1.29, 1.82) is 0 Å². The second-order valence-electron chi connectivity index (χ2n) is 3.83. The average molecular weight is 241 g/mol. The fraction of sp³-hybridized carbons (Fsp3) is 0.417. The van der Waals surface area contributed by atoms with Crippen LogP contribution in [-0.4, -0.2) is 36.7 Å². The van der Waals surface area contributed by atoms with E-state index in [0.29, 0.717) is 12.2 Å². The molecule has 1 N–H and O–H groups in total. The summed E-state index contributed by atoms with van der Waals surface area (Å²) in [5.41, 5.74) is 0.392. The van der Waals surface area contributed by atoms with Crippen molar-refractivity contribution in [3.8, 4) is 5.75 Å². The van der Waals surface area contributed by atoms with Crippen LogP contribution in [0.5, 0.6) is 5.75 Å². The quantitative estimate of drug-likeness (QED) is 0.855. The van der Waals surface area contributed by atoms with Gasteiger partial charge in [0.25, 0.3) is 0 Å². The summed E-state index contributed by atoms with van der Waals surface area (Å²) in [4.78, 5) is 12.6. The molecule has 0 fully saturated rings. The summed E-state index contributed by atoms with van der Waals surface area (Å²) in [5.74, 6) is -1.42. The van der Waals surface area contributed by atoms with Crippen LogP contribution in [0.3, 0.4) is 0 Å². The first-order valence-corrected chi connectivity index (χ1v) is 5.28. The lowest BCUT2D eigenvalue weighted by molar-refractivity contribution is -0.142. The SMILES string of the molecule is CCOc1ccc(C(C(=O)O)N(C)C)cc1F. The van der Waals surface area contributed by atoms with Gasteiger partial charge >= 0.3 is 5.97 Å². The molecule has 17 heavy (non-hydrogen) atoms. The van der Waals surface area contributed by atoms with Crippen molar-refractivity contribution < 1.29 is 19.0 Å². The number of ether oxygens (including phenoxy) is 1. The van der Waals surface area contributed by atoms with Gasteiger partial charge in [-0.2, -0.15) is 0 Å². The van der Waals surface area contributed by atoms with Gasteiger partial charge in [-0.15, -0.1) is 0 Å². The van der Waals surface area contributed by atoms with Gasteiger partial charge in [0.2, 0.25) is 0 Å². The highest BCUT2D eigenvalue weighted by Gasteiger charge is 2.23. The first kappa shape index (κ1) is 13.4. The molecule has 5 heteroatoms. The Hall–Kier alpha value is -1.62. The molecule has 1 rings (SSSR count). The molecule has 0 bridgehead atoms. The van der Waals surface area contributed by atoms with Gasteiger partial charge in [0, 0.05) is 0 Å². The van der Waals surface area contributed by atoms with Gasteiger partial charge in [0.05, 0.1) is 6.61 Å². The number of rotatable bonds is 5. The molecule has 0 amide bonds. The smallest absolute Gasteiger partial charge is 0.325 e. The van der Waals surface area contributed by atoms with Crippen LogP contribution >= 0.6 is 0 Å². The van der Waals surface area contributed by atoms with E-state index in [9.17, 15) is 9.18 Å².